The van der Waals surface area contributed by atoms with Crippen molar-refractivity contribution in [3.8, 4) is 0 Å². The minimum absolute atomic E-state index is 0.0764. The third kappa shape index (κ3) is 3.27. The maximum atomic E-state index is 11.9. The highest BCUT2D eigenvalue weighted by molar-refractivity contribution is 7.89. The topological polar surface area (TPSA) is 69.6 Å². The Morgan fingerprint density at radius 1 is 1.60 bits per heavy atom. The van der Waals surface area contributed by atoms with Gasteiger partial charge in [-0.3, -0.25) is 0 Å². The molecule has 1 heterocycles. The lowest BCUT2D eigenvalue weighted by atomic mass is 10.2. The second-order valence-corrected chi connectivity index (χ2v) is 5.59. The average Bonchev–Trinajstić information content (AvgIpc) is 2.26. The molecular formula is C9H18N2O3S. The predicted molar refractivity (Wildman–Crippen MR) is 59.1 cm³/mol. The quantitative estimate of drug-likeness (QED) is 0.609. The summed E-state index contributed by atoms with van der Waals surface area (Å²) in [5.41, 5.74) is 0. The summed E-state index contributed by atoms with van der Waals surface area (Å²) in [6.07, 6.45) is 2.04. The Balaban J connectivity index is 2.69. The van der Waals surface area contributed by atoms with Crippen LogP contribution in [0.25, 0.3) is 0 Å². The van der Waals surface area contributed by atoms with Crippen LogP contribution in [0.5, 0.6) is 0 Å². The van der Waals surface area contributed by atoms with E-state index in [0.29, 0.717) is 26.1 Å². The number of aliphatic hydroxyl groups excluding tert-OH is 1. The van der Waals surface area contributed by atoms with Crippen LogP contribution < -0.4 is 5.32 Å². The lowest BCUT2D eigenvalue weighted by Gasteiger charge is -2.33. The van der Waals surface area contributed by atoms with E-state index in [1.54, 1.807) is 6.08 Å². The molecule has 1 rings (SSSR count). The number of aliphatic hydroxyl groups is 1. The minimum atomic E-state index is -3.24. The molecule has 0 amide bonds. The Kier molecular flexibility index (Phi) is 4.72. The van der Waals surface area contributed by atoms with Gasteiger partial charge in [-0.1, -0.05) is 6.08 Å². The van der Waals surface area contributed by atoms with E-state index in [-0.39, 0.29) is 18.4 Å². The van der Waals surface area contributed by atoms with Crippen molar-refractivity contribution < 1.29 is 13.5 Å². The molecular weight excluding hydrogens is 216 g/mol. The van der Waals surface area contributed by atoms with Crippen molar-refractivity contribution in [2.45, 2.75) is 12.5 Å². The molecule has 0 spiro atoms. The van der Waals surface area contributed by atoms with Gasteiger partial charge in [-0.05, 0) is 6.42 Å². The molecule has 15 heavy (non-hydrogen) atoms. The molecule has 6 heteroatoms. The summed E-state index contributed by atoms with van der Waals surface area (Å²) in [5, 5.41) is 12.1. The lowest BCUT2D eigenvalue weighted by Crippen LogP contribution is -2.55. The van der Waals surface area contributed by atoms with Crippen molar-refractivity contribution in [1.29, 1.82) is 0 Å². The number of hydrogen-bond acceptors (Lipinski definition) is 4. The van der Waals surface area contributed by atoms with Gasteiger partial charge in [0.05, 0.1) is 18.4 Å². The number of allylic oxidation sites excluding steroid dienone is 1. The first kappa shape index (κ1) is 12.6. The third-order valence-electron chi connectivity index (χ3n) is 2.44. The summed E-state index contributed by atoms with van der Waals surface area (Å²) in [6.45, 7) is 4.96. The third-order valence-corrected chi connectivity index (χ3v) is 4.39. The highest BCUT2D eigenvalue weighted by Gasteiger charge is 2.30. The molecule has 1 fully saturated rings. The number of nitrogens with one attached hydrogen (secondary N) is 1. The van der Waals surface area contributed by atoms with Gasteiger partial charge in [0.15, 0.2) is 0 Å². The van der Waals surface area contributed by atoms with Crippen molar-refractivity contribution in [2.75, 3.05) is 32.0 Å². The van der Waals surface area contributed by atoms with Crippen LogP contribution in [0.15, 0.2) is 12.7 Å². The van der Waals surface area contributed by atoms with E-state index >= 15 is 0 Å². The van der Waals surface area contributed by atoms with E-state index in [1.807, 2.05) is 0 Å². The molecule has 88 valence electrons. The zero-order valence-electron chi connectivity index (χ0n) is 8.72. The van der Waals surface area contributed by atoms with Gasteiger partial charge in [-0.15, -0.1) is 6.58 Å². The number of sulfonamides is 1. The van der Waals surface area contributed by atoms with E-state index < -0.39 is 10.0 Å². The van der Waals surface area contributed by atoms with Crippen molar-refractivity contribution >= 4 is 10.0 Å². The van der Waals surface area contributed by atoms with Gasteiger partial charge in [-0.25, -0.2) is 8.42 Å². The summed E-state index contributed by atoms with van der Waals surface area (Å²) >= 11 is 0. The van der Waals surface area contributed by atoms with Gasteiger partial charge in [0.1, 0.15) is 0 Å². The van der Waals surface area contributed by atoms with E-state index in [0.717, 1.165) is 0 Å². The fraction of sp³-hybridized carbons (Fsp3) is 0.778. The molecule has 0 aromatic rings. The van der Waals surface area contributed by atoms with Crippen molar-refractivity contribution in [3.63, 3.8) is 0 Å². The molecule has 0 aromatic heterocycles. The standard InChI is InChI=1S/C9H18N2O3S/c1-2-3-6-15(13,14)11-5-4-10-7-9(11)8-12/h2,9-10,12H,1,3-8H2/t9-/m1/s1. The van der Waals surface area contributed by atoms with Crippen LogP contribution in [0, 0.1) is 0 Å². The second kappa shape index (κ2) is 5.60. The maximum Gasteiger partial charge on any atom is 0.214 e. The summed E-state index contributed by atoms with van der Waals surface area (Å²) < 4.78 is 25.1. The van der Waals surface area contributed by atoms with Crippen LogP contribution in [-0.4, -0.2) is 55.9 Å². The summed E-state index contributed by atoms with van der Waals surface area (Å²) in [6, 6.07) is -0.325. The lowest BCUT2D eigenvalue weighted by molar-refractivity contribution is 0.165. The van der Waals surface area contributed by atoms with Gasteiger partial charge in [0.2, 0.25) is 10.0 Å². The van der Waals surface area contributed by atoms with Crippen molar-refractivity contribution in [2.24, 2.45) is 0 Å². The SMILES string of the molecule is C=CCCS(=O)(=O)N1CCNC[C@@H]1CO. The molecule has 0 aromatic carbocycles. The van der Waals surface area contributed by atoms with E-state index in [9.17, 15) is 8.42 Å². The first-order chi connectivity index (χ1) is 7.11. The molecule has 0 saturated carbocycles. The second-order valence-electron chi connectivity index (χ2n) is 3.54. The van der Waals surface area contributed by atoms with E-state index in [2.05, 4.69) is 11.9 Å². The Hall–Kier alpha value is -0.430. The van der Waals surface area contributed by atoms with Crippen LogP contribution in [0.1, 0.15) is 6.42 Å². The summed E-state index contributed by atoms with van der Waals surface area (Å²) in [5.74, 6) is 0.0764. The summed E-state index contributed by atoms with van der Waals surface area (Å²) in [4.78, 5) is 0. The average molecular weight is 234 g/mol. The molecule has 1 aliphatic rings. The molecule has 0 aliphatic carbocycles. The van der Waals surface area contributed by atoms with Crippen LogP contribution in [0.3, 0.4) is 0 Å². The minimum Gasteiger partial charge on any atom is -0.395 e. The molecule has 2 N–H and O–H groups in total. The molecule has 1 saturated heterocycles. The van der Waals surface area contributed by atoms with Gasteiger partial charge < -0.3 is 10.4 Å². The Morgan fingerprint density at radius 2 is 2.33 bits per heavy atom. The van der Waals surface area contributed by atoms with Gasteiger partial charge in [0, 0.05) is 19.6 Å². The van der Waals surface area contributed by atoms with Crippen LogP contribution in [0.4, 0.5) is 0 Å². The highest BCUT2D eigenvalue weighted by Crippen LogP contribution is 2.11. The smallest absolute Gasteiger partial charge is 0.214 e. The molecule has 0 radical (unpaired) electrons. The highest BCUT2D eigenvalue weighted by atomic mass is 32.2. The maximum absolute atomic E-state index is 11.9. The fourth-order valence-corrected chi connectivity index (χ4v) is 3.28. The van der Waals surface area contributed by atoms with Crippen LogP contribution in [0.2, 0.25) is 0 Å². The summed E-state index contributed by atoms with van der Waals surface area (Å²) in [7, 11) is -3.24. The Labute approximate surface area is 90.8 Å². The molecule has 5 nitrogen and oxygen atoms in total. The fourth-order valence-electron chi connectivity index (χ4n) is 1.61. The first-order valence-electron chi connectivity index (χ1n) is 5.04. The number of piperazine rings is 1. The van der Waals surface area contributed by atoms with Crippen LogP contribution >= 0.6 is 0 Å². The monoisotopic (exact) mass is 234 g/mol. The number of rotatable bonds is 5. The zero-order valence-corrected chi connectivity index (χ0v) is 9.54. The first-order valence-corrected chi connectivity index (χ1v) is 6.64. The van der Waals surface area contributed by atoms with Crippen molar-refractivity contribution in [1.82, 2.24) is 9.62 Å². The van der Waals surface area contributed by atoms with Gasteiger partial charge in [0.25, 0.3) is 0 Å². The Bertz CT molecular complexity index is 302. The van der Waals surface area contributed by atoms with Crippen LogP contribution in [-0.2, 0) is 10.0 Å². The Morgan fingerprint density at radius 3 is 2.93 bits per heavy atom. The normalized spacial score (nSPS) is 23.9. The molecule has 0 unspecified atom stereocenters. The number of hydrogen-bond donors (Lipinski definition) is 2. The number of nitrogens with zero attached hydrogens (tertiary/aromatic N) is 1. The van der Waals surface area contributed by atoms with Crippen molar-refractivity contribution in [3.05, 3.63) is 12.7 Å². The molecule has 1 aliphatic heterocycles. The predicted octanol–water partition coefficient (Wildman–Crippen LogP) is -0.842. The molecule has 0 bridgehead atoms. The zero-order chi connectivity index (χ0) is 11.3. The van der Waals surface area contributed by atoms with Gasteiger partial charge >= 0.3 is 0 Å². The largest absolute Gasteiger partial charge is 0.395 e. The molecule has 1 atom stereocenters. The van der Waals surface area contributed by atoms with E-state index in [4.69, 9.17) is 5.11 Å². The van der Waals surface area contributed by atoms with E-state index in [1.165, 1.54) is 4.31 Å². The van der Waals surface area contributed by atoms with Gasteiger partial charge in [-0.2, -0.15) is 4.31 Å².